The van der Waals surface area contributed by atoms with Crippen molar-refractivity contribution in [3.05, 3.63) is 175 Å². The molecule has 0 saturated heterocycles. The van der Waals surface area contributed by atoms with Crippen LogP contribution in [-0.4, -0.2) is 15.0 Å². The zero-order chi connectivity index (χ0) is 33.2. The van der Waals surface area contributed by atoms with Crippen molar-refractivity contribution in [2.24, 2.45) is 0 Å². The quantitative estimate of drug-likeness (QED) is 0.166. The molecule has 0 fully saturated rings. The van der Waals surface area contributed by atoms with Crippen molar-refractivity contribution in [3.63, 3.8) is 0 Å². The molecule has 0 unspecified atom stereocenters. The third-order valence-corrected chi connectivity index (χ3v) is 8.76. The second-order valence-corrected chi connectivity index (χ2v) is 12.0. The van der Waals surface area contributed by atoms with Gasteiger partial charge in [0, 0.05) is 61.2 Å². The van der Waals surface area contributed by atoms with Gasteiger partial charge in [0.2, 0.25) is 0 Å². The zero-order valence-corrected chi connectivity index (χ0v) is 29.9. The fourth-order valence-corrected chi connectivity index (χ4v) is 6.31. The van der Waals surface area contributed by atoms with Crippen LogP contribution in [0.1, 0.15) is 11.1 Å². The molecule has 5 heteroatoms. The van der Waals surface area contributed by atoms with Gasteiger partial charge in [-0.15, -0.1) is 53.6 Å². The molecule has 0 bridgehead atoms. The molecule has 9 rings (SSSR count). The SMILES string of the molecule is Cc1c[c-]c(-c2cc(-c3ccccc3)ccn2)c2oc3c(-c4cccc5ccncc45)cccc3c12.Cc1ccc(-c2[c-]cccc2)nc1.[Ir]. The van der Waals surface area contributed by atoms with Crippen LogP contribution in [0.3, 0.4) is 0 Å². The first kappa shape index (κ1) is 32.8. The summed E-state index contributed by atoms with van der Waals surface area (Å²) in [6, 6.07) is 49.8. The Kier molecular flexibility index (Phi) is 9.44. The van der Waals surface area contributed by atoms with E-state index in [-0.39, 0.29) is 20.1 Å². The van der Waals surface area contributed by atoms with Crippen molar-refractivity contribution in [1.29, 1.82) is 0 Å². The molecule has 0 aliphatic heterocycles. The number of pyridine rings is 3. The van der Waals surface area contributed by atoms with E-state index < -0.39 is 0 Å². The molecule has 4 nitrogen and oxygen atoms in total. The Hall–Kier alpha value is -5.74. The summed E-state index contributed by atoms with van der Waals surface area (Å²) in [4.78, 5) is 13.4. The van der Waals surface area contributed by atoms with Crippen molar-refractivity contribution in [2.75, 3.05) is 0 Å². The average molecular weight is 822 g/mol. The Morgan fingerprint density at radius 1 is 0.600 bits per heavy atom. The number of hydrogen-bond donors (Lipinski definition) is 0. The minimum absolute atomic E-state index is 0. The van der Waals surface area contributed by atoms with E-state index in [4.69, 9.17) is 9.40 Å². The molecule has 9 aromatic rings. The van der Waals surface area contributed by atoms with Crippen molar-refractivity contribution in [3.8, 4) is 44.8 Å². The summed E-state index contributed by atoms with van der Waals surface area (Å²) in [5.41, 5.74) is 12.2. The Bertz CT molecular complexity index is 2560. The topological polar surface area (TPSA) is 51.8 Å². The molecular formula is C45H31IrN3O-2. The van der Waals surface area contributed by atoms with Crippen LogP contribution in [0, 0.1) is 26.0 Å². The third kappa shape index (κ3) is 6.37. The molecule has 0 N–H and O–H groups in total. The number of nitrogens with zero attached hydrogens (tertiary/aromatic N) is 3. The van der Waals surface area contributed by atoms with Gasteiger partial charge in [-0.1, -0.05) is 103 Å². The van der Waals surface area contributed by atoms with Crippen molar-refractivity contribution < 1.29 is 24.5 Å². The smallest absolute Gasteiger partial charge is 0.128 e. The van der Waals surface area contributed by atoms with E-state index in [1.165, 1.54) is 5.56 Å². The van der Waals surface area contributed by atoms with Crippen molar-refractivity contribution >= 4 is 32.7 Å². The van der Waals surface area contributed by atoms with Gasteiger partial charge in [0.25, 0.3) is 0 Å². The molecule has 0 aliphatic carbocycles. The van der Waals surface area contributed by atoms with Gasteiger partial charge in [-0.05, 0) is 58.1 Å². The maximum atomic E-state index is 6.71. The summed E-state index contributed by atoms with van der Waals surface area (Å²) >= 11 is 0. The summed E-state index contributed by atoms with van der Waals surface area (Å²) in [5.74, 6) is 0. The molecule has 50 heavy (non-hydrogen) atoms. The normalized spacial score (nSPS) is 10.8. The second-order valence-electron chi connectivity index (χ2n) is 12.0. The Morgan fingerprint density at radius 2 is 1.44 bits per heavy atom. The van der Waals surface area contributed by atoms with Gasteiger partial charge in [-0.2, -0.15) is 0 Å². The van der Waals surface area contributed by atoms with E-state index in [0.29, 0.717) is 0 Å². The summed E-state index contributed by atoms with van der Waals surface area (Å²) in [5, 5.41) is 4.46. The number of benzene rings is 5. The summed E-state index contributed by atoms with van der Waals surface area (Å²) < 4.78 is 6.71. The minimum atomic E-state index is 0. The second kappa shape index (κ2) is 14.4. The first-order valence-electron chi connectivity index (χ1n) is 16.3. The summed E-state index contributed by atoms with van der Waals surface area (Å²) in [7, 11) is 0. The molecule has 1 radical (unpaired) electrons. The van der Waals surface area contributed by atoms with Crippen LogP contribution in [0.25, 0.3) is 77.5 Å². The molecule has 0 saturated carbocycles. The van der Waals surface area contributed by atoms with Crippen LogP contribution in [-0.2, 0) is 20.1 Å². The maximum Gasteiger partial charge on any atom is 0.128 e. The van der Waals surface area contributed by atoms with Crippen LogP contribution < -0.4 is 0 Å². The van der Waals surface area contributed by atoms with Crippen LogP contribution in [0.4, 0.5) is 0 Å². The fourth-order valence-electron chi connectivity index (χ4n) is 6.31. The molecule has 4 aromatic heterocycles. The number of aryl methyl sites for hydroxylation is 2. The van der Waals surface area contributed by atoms with Crippen LogP contribution in [0.15, 0.2) is 157 Å². The summed E-state index contributed by atoms with van der Waals surface area (Å²) in [6.07, 6.45) is 7.48. The molecular weight excluding hydrogens is 791 g/mol. The maximum absolute atomic E-state index is 6.71. The van der Waals surface area contributed by atoms with E-state index in [2.05, 4.69) is 102 Å². The Balaban J connectivity index is 0.000000236. The van der Waals surface area contributed by atoms with Gasteiger partial charge in [0.05, 0.1) is 5.58 Å². The predicted octanol–water partition coefficient (Wildman–Crippen LogP) is 11.5. The number of para-hydroxylation sites is 1. The Morgan fingerprint density at radius 3 is 2.26 bits per heavy atom. The van der Waals surface area contributed by atoms with Gasteiger partial charge in [-0.3, -0.25) is 4.98 Å². The fraction of sp³-hybridized carbons (Fsp3) is 0.0444. The molecule has 0 aliphatic rings. The first-order valence-corrected chi connectivity index (χ1v) is 16.3. The molecule has 243 valence electrons. The average Bonchev–Trinajstić information content (AvgIpc) is 3.57. The molecule has 0 amide bonds. The van der Waals surface area contributed by atoms with Gasteiger partial charge in [-0.25, -0.2) is 0 Å². The van der Waals surface area contributed by atoms with Crippen LogP contribution in [0.2, 0.25) is 0 Å². The number of rotatable bonds is 4. The van der Waals surface area contributed by atoms with Gasteiger partial charge in [0.15, 0.2) is 0 Å². The molecule has 0 atom stereocenters. The Labute approximate surface area is 304 Å². The van der Waals surface area contributed by atoms with E-state index in [0.717, 1.165) is 83.0 Å². The zero-order valence-electron chi connectivity index (χ0n) is 27.5. The number of fused-ring (bicyclic) bond motifs is 4. The van der Waals surface area contributed by atoms with Crippen molar-refractivity contribution in [1.82, 2.24) is 15.0 Å². The van der Waals surface area contributed by atoms with E-state index in [1.807, 2.05) is 86.3 Å². The largest absolute Gasteiger partial charge is 0.500 e. The monoisotopic (exact) mass is 822 g/mol. The summed E-state index contributed by atoms with van der Waals surface area (Å²) in [6.45, 7) is 4.14. The van der Waals surface area contributed by atoms with Gasteiger partial charge in [0.1, 0.15) is 5.58 Å². The number of furan rings is 1. The van der Waals surface area contributed by atoms with Gasteiger partial charge >= 0.3 is 0 Å². The van der Waals surface area contributed by atoms with E-state index in [9.17, 15) is 0 Å². The van der Waals surface area contributed by atoms with E-state index in [1.54, 1.807) is 0 Å². The predicted molar refractivity (Wildman–Crippen MR) is 200 cm³/mol. The minimum Gasteiger partial charge on any atom is -0.500 e. The van der Waals surface area contributed by atoms with Crippen LogP contribution in [0.5, 0.6) is 0 Å². The number of aromatic nitrogens is 3. The molecule has 4 heterocycles. The van der Waals surface area contributed by atoms with Gasteiger partial charge < -0.3 is 14.4 Å². The molecule has 0 spiro atoms. The standard InChI is InChI=1S/C33H21N2O.C12H10N.Ir/c1-21-13-14-27(30-19-24(16-18-35-30)22-7-3-2-4-8-22)33-31(21)28-12-6-11-26(32(28)36-33)25-10-5-9-23-15-17-34-20-29(23)25;1-10-7-8-12(13-9-10)11-5-3-2-4-6-11;/h2-13,15-20H,1H3;2-5,7-9H,1H3;/q2*-1;. The third-order valence-electron chi connectivity index (χ3n) is 8.76. The van der Waals surface area contributed by atoms with Crippen LogP contribution >= 0.6 is 0 Å². The number of hydrogen-bond acceptors (Lipinski definition) is 4. The molecule has 5 aromatic carbocycles. The first-order chi connectivity index (χ1) is 24.1. The van der Waals surface area contributed by atoms with Crippen molar-refractivity contribution in [2.45, 2.75) is 13.8 Å². The van der Waals surface area contributed by atoms with E-state index >= 15 is 0 Å².